The largest absolute Gasteiger partial charge is 0.322 e. The van der Waals surface area contributed by atoms with E-state index in [-0.39, 0.29) is 16.0 Å². The lowest BCUT2D eigenvalue weighted by atomic mass is 10.1. The molecule has 1 aromatic heterocycles. The number of fused-ring (bicyclic) bond motifs is 1. The van der Waals surface area contributed by atoms with E-state index >= 15 is 0 Å². The lowest BCUT2D eigenvalue weighted by Gasteiger charge is -2.18. The fourth-order valence-electron chi connectivity index (χ4n) is 3.14. The average molecular weight is 411 g/mol. The number of carbonyl (C=O) groups is 2. The molecule has 0 atom stereocenters. The van der Waals surface area contributed by atoms with E-state index in [1.807, 2.05) is 0 Å². The number of nitrogens with zero attached hydrogens (tertiary/aromatic N) is 4. The van der Waals surface area contributed by atoms with Crippen molar-refractivity contribution in [2.45, 2.75) is 24.8 Å². The van der Waals surface area contributed by atoms with Crippen LogP contribution in [0.1, 0.15) is 34.6 Å². The van der Waals surface area contributed by atoms with Crippen LogP contribution < -0.4 is 5.32 Å². The molecule has 2 aromatic carbocycles. The lowest BCUT2D eigenvalue weighted by molar-refractivity contribution is 0.0846. The number of anilines is 1. The van der Waals surface area contributed by atoms with Gasteiger partial charge in [-0.1, -0.05) is 0 Å². The standard InChI is InChI=1S/C19H17N5O4S/c1-12(2)24-19(26)16-8-3-13(9-17(16)29(24,27)28)18(25)22-14-4-6-15(7-5-14)23-11-20-10-21-23/h3-12H,1-2H3,(H,22,25). The molecule has 0 fully saturated rings. The number of aromatic nitrogens is 3. The Labute approximate surface area is 167 Å². The number of hydrogen-bond acceptors (Lipinski definition) is 6. The second-order valence-corrected chi connectivity index (χ2v) is 8.54. The van der Waals surface area contributed by atoms with Crippen LogP contribution in [0.3, 0.4) is 0 Å². The second kappa shape index (κ2) is 6.82. The summed E-state index contributed by atoms with van der Waals surface area (Å²) in [5.74, 6) is -1.06. The summed E-state index contributed by atoms with van der Waals surface area (Å²) >= 11 is 0. The van der Waals surface area contributed by atoms with E-state index in [9.17, 15) is 18.0 Å². The molecule has 0 aliphatic carbocycles. The molecule has 2 heterocycles. The molecule has 10 heteroatoms. The molecule has 0 unspecified atom stereocenters. The Bertz CT molecular complexity index is 1200. The van der Waals surface area contributed by atoms with Crippen LogP contribution in [0.2, 0.25) is 0 Å². The number of benzene rings is 2. The maximum Gasteiger partial charge on any atom is 0.269 e. The highest BCUT2D eigenvalue weighted by molar-refractivity contribution is 7.90. The Balaban J connectivity index is 1.58. The van der Waals surface area contributed by atoms with Gasteiger partial charge >= 0.3 is 0 Å². The van der Waals surface area contributed by atoms with Crippen molar-refractivity contribution in [1.29, 1.82) is 0 Å². The lowest BCUT2D eigenvalue weighted by Crippen LogP contribution is -2.36. The van der Waals surface area contributed by atoms with Crippen molar-refractivity contribution in [2.24, 2.45) is 0 Å². The van der Waals surface area contributed by atoms with Crippen LogP contribution in [0.15, 0.2) is 60.0 Å². The predicted molar refractivity (Wildman–Crippen MR) is 104 cm³/mol. The molecule has 0 saturated heterocycles. The van der Waals surface area contributed by atoms with Gasteiger partial charge in [-0.25, -0.2) is 22.4 Å². The first-order valence-electron chi connectivity index (χ1n) is 8.78. The maximum absolute atomic E-state index is 12.7. The summed E-state index contributed by atoms with van der Waals surface area (Å²) < 4.78 is 27.8. The van der Waals surface area contributed by atoms with Gasteiger partial charge in [0.25, 0.3) is 21.8 Å². The zero-order valence-corrected chi connectivity index (χ0v) is 16.4. The fraction of sp³-hybridized carbons (Fsp3) is 0.158. The highest BCUT2D eigenvalue weighted by Gasteiger charge is 2.42. The molecule has 0 radical (unpaired) electrons. The molecule has 1 aliphatic rings. The van der Waals surface area contributed by atoms with Gasteiger partial charge in [0, 0.05) is 17.3 Å². The highest BCUT2D eigenvalue weighted by atomic mass is 32.2. The van der Waals surface area contributed by atoms with Gasteiger partial charge in [-0.3, -0.25) is 9.59 Å². The van der Waals surface area contributed by atoms with Gasteiger partial charge < -0.3 is 5.32 Å². The zero-order valence-electron chi connectivity index (χ0n) is 15.6. The van der Waals surface area contributed by atoms with Crippen molar-refractivity contribution in [2.75, 3.05) is 5.32 Å². The molecule has 0 saturated carbocycles. The number of hydrogen-bond donors (Lipinski definition) is 1. The Hall–Kier alpha value is -3.53. The van der Waals surface area contributed by atoms with Crippen LogP contribution >= 0.6 is 0 Å². The molecule has 4 rings (SSSR count). The smallest absolute Gasteiger partial charge is 0.269 e. The van der Waals surface area contributed by atoms with E-state index in [0.717, 1.165) is 9.99 Å². The average Bonchev–Trinajstić information content (AvgIpc) is 3.28. The van der Waals surface area contributed by atoms with Gasteiger partial charge in [-0.05, 0) is 56.3 Å². The van der Waals surface area contributed by atoms with Crippen molar-refractivity contribution in [3.63, 3.8) is 0 Å². The first kappa shape index (κ1) is 18.8. The van der Waals surface area contributed by atoms with Crippen molar-refractivity contribution in [3.05, 3.63) is 66.2 Å². The van der Waals surface area contributed by atoms with Crippen LogP contribution in [0.4, 0.5) is 5.69 Å². The first-order valence-corrected chi connectivity index (χ1v) is 10.2. The predicted octanol–water partition coefficient (Wildman–Crippen LogP) is 2.07. The van der Waals surface area contributed by atoms with E-state index in [2.05, 4.69) is 15.4 Å². The molecule has 9 nitrogen and oxygen atoms in total. The molecule has 148 valence electrons. The summed E-state index contributed by atoms with van der Waals surface area (Å²) in [6.45, 7) is 3.25. The molecular formula is C19H17N5O4S. The minimum atomic E-state index is -3.97. The molecular weight excluding hydrogens is 394 g/mol. The molecule has 1 N–H and O–H groups in total. The van der Waals surface area contributed by atoms with Gasteiger partial charge in [-0.15, -0.1) is 0 Å². The topological polar surface area (TPSA) is 114 Å². The third kappa shape index (κ3) is 3.17. The van der Waals surface area contributed by atoms with Gasteiger partial charge in [0.05, 0.1) is 11.3 Å². The van der Waals surface area contributed by atoms with Crippen LogP contribution in [0.5, 0.6) is 0 Å². The SMILES string of the molecule is CC(C)N1C(=O)c2ccc(C(=O)Nc3ccc(-n4cncn4)cc3)cc2S1(=O)=O. The number of nitrogens with one attached hydrogen (secondary N) is 1. The van der Waals surface area contributed by atoms with E-state index in [0.29, 0.717) is 5.69 Å². The summed E-state index contributed by atoms with van der Waals surface area (Å²) in [7, 11) is -3.97. The second-order valence-electron chi connectivity index (χ2n) is 6.75. The molecule has 3 aromatic rings. The minimum absolute atomic E-state index is 0.0763. The number of amides is 2. The van der Waals surface area contributed by atoms with E-state index < -0.39 is 27.9 Å². The van der Waals surface area contributed by atoms with Crippen LogP contribution in [0, 0.1) is 0 Å². The molecule has 0 bridgehead atoms. The summed E-state index contributed by atoms with van der Waals surface area (Å²) in [6, 6.07) is 10.5. The van der Waals surface area contributed by atoms with Gasteiger partial charge in [0.2, 0.25) is 0 Å². The molecule has 29 heavy (non-hydrogen) atoms. The molecule has 1 aliphatic heterocycles. The van der Waals surface area contributed by atoms with Gasteiger partial charge in [0.15, 0.2) is 0 Å². The summed E-state index contributed by atoms with van der Waals surface area (Å²) in [6.07, 6.45) is 2.98. The Morgan fingerprint density at radius 1 is 1.10 bits per heavy atom. The third-order valence-corrected chi connectivity index (χ3v) is 6.49. The molecule has 2 amide bonds. The highest BCUT2D eigenvalue weighted by Crippen LogP contribution is 2.32. The van der Waals surface area contributed by atoms with Crippen LogP contribution in [-0.2, 0) is 10.0 Å². The van der Waals surface area contributed by atoms with Crippen molar-refractivity contribution in [3.8, 4) is 5.69 Å². The zero-order chi connectivity index (χ0) is 20.8. The third-order valence-electron chi connectivity index (χ3n) is 4.49. The Morgan fingerprint density at radius 2 is 1.83 bits per heavy atom. The monoisotopic (exact) mass is 411 g/mol. The van der Waals surface area contributed by atoms with Crippen LogP contribution in [-0.4, -0.2) is 45.3 Å². The quantitative estimate of drug-likeness (QED) is 0.703. The van der Waals surface area contributed by atoms with Crippen molar-refractivity contribution >= 4 is 27.5 Å². The van der Waals surface area contributed by atoms with Crippen molar-refractivity contribution in [1.82, 2.24) is 19.1 Å². The van der Waals surface area contributed by atoms with Crippen molar-refractivity contribution < 1.29 is 18.0 Å². The molecule has 0 spiro atoms. The first-order chi connectivity index (χ1) is 13.8. The maximum atomic E-state index is 12.7. The van der Waals surface area contributed by atoms with Crippen LogP contribution in [0.25, 0.3) is 5.69 Å². The fourth-order valence-corrected chi connectivity index (χ4v) is 4.93. The van der Waals surface area contributed by atoms with E-state index in [4.69, 9.17) is 0 Å². The summed E-state index contributed by atoms with van der Waals surface area (Å²) in [4.78, 5) is 28.7. The van der Waals surface area contributed by atoms with E-state index in [1.165, 1.54) is 24.5 Å². The number of rotatable bonds is 4. The summed E-state index contributed by atoms with van der Waals surface area (Å²) in [5, 5.41) is 6.74. The number of sulfonamides is 1. The normalized spacial score (nSPS) is 14.9. The summed E-state index contributed by atoms with van der Waals surface area (Å²) in [5.41, 5.74) is 1.53. The Kier molecular flexibility index (Phi) is 4.42. The van der Waals surface area contributed by atoms with E-state index in [1.54, 1.807) is 49.1 Å². The van der Waals surface area contributed by atoms with Gasteiger partial charge in [-0.2, -0.15) is 5.10 Å². The number of carbonyl (C=O) groups excluding carboxylic acids is 2. The minimum Gasteiger partial charge on any atom is -0.322 e. The van der Waals surface area contributed by atoms with Gasteiger partial charge in [0.1, 0.15) is 17.6 Å². The Morgan fingerprint density at radius 3 is 2.45 bits per heavy atom.